The van der Waals surface area contributed by atoms with Gasteiger partial charge in [0.1, 0.15) is 5.82 Å². The van der Waals surface area contributed by atoms with Gasteiger partial charge in [0, 0.05) is 37.9 Å². The van der Waals surface area contributed by atoms with Crippen molar-refractivity contribution in [3.8, 4) is 0 Å². The van der Waals surface area contributed by atoms with Crippen LogP contribution in [-0.4, -0.2) is 50.9 Å². The Morgan fingerprint density at radius 2 is 1.78 bits per heavy atom. The summed E-state index contributed by atoms with van der Waals surface area (Å²) in [6, 6.07) is 11.0. The van der Waals surface area contributed by atoms with E-state index in [0.717, 1.165) is 31.6 Å². The van der Waals surface area contributed by atoms with Gasteiger partial charge in [-0.2, -0.15) is 4.31 Å². The SMILES string of the molecule is CCN(CC)S(=O)(=O)c1ccc(N2CCCC2)c(C(=O)NC(C)Cc2ccccc2F)c1. The molecular formula is C24H32FN3O3S. The van der Waals surface area contributed by atoms with E-state index in [9.17, 15) is 17.6 Å². The smallest absolute Gasteiger partial charge is 0.253 e. The fraction of sp³-hybridized carbons (Fsp3) is 0.458. The number of hydrogen-bond donors (Lipinski definition) is 1. The fourth-order valence-corrected chi connectivity index (χ4v) is 5.64. The summed E-state index contributed by atoms with van der Waals surface area (Å²) in [5.41, 5.74) is 1.59. The van der Waals surface area contributed by atoms with Crippen molar-refractivity contribution in [2.45, 2.75) is 51.0 Å². The summed E-state index contributed by atoms with van der Waals surface area (Å²) in [6.07, 6.45) is 2.41. The molecule has 3 rings (SSSR count). The van der Waals surface area contributed by atoms with Gasteiger partial charge in [0.25, 0.3) is 5.91 Å². The molecule has 1 fully saturated rings. The maximum atomic E-state index is 14.0. The van der Waals surface area contributed by atoms with Gasteiger partial charge in [-0.05, 0) is 56.0 Å². The highest BCUT2D eigenvalue weighted by Gasteiger charge is 2.27. The maximum absolute atomic E-state index is 14.0. The largest absolute Gasteiger partial charge is 0.371 e. The lowest BCUT2D eigenvalue weighted by atomic mass is 10.1. The van der Waals surface area contributed by atoms with Crippen LogP contribution < -0.4 is 10.2 Å². The van der Waals surface area contributed by atoms with E-state index in [0.29, 0.717) is 30.6 Å². The molecule has 8 heteroatoms. The van der Waals surface area contributed by atoms with E-state index in [1.165, 1.54) is 16.4 Å². The zero-order valence-corrected chi connectivity index (χ0v) is 19.8. The first kappa shape index (κ1) is 24.2. The van der Waals surface area contributed by atoms with E-state index in [2.05, 4.69) is 10.2 Å². The summed E-state index contributed by atoms with van der Waals surface area (Å²) in [6.45, 7) is 7.76. The van der Waals surface area contributed by atoms with Gasteiger partial charge in [0.2, 0.25) is 10.0 Å². The number of carbonyl (C=O) groups is 1. The Labute approximate surface area is 190 Å². The number of hydrogen-bond acceptors (Lipinski definition) is 4. The predicted molar refractivity (Wildman–Crippen MR) is 125 cm³/mol. The number of carbonyl (C=O) groups excluding carboxylic acids is 1. The molecule has 0 spiro atoms. The Hall–Kier alpha value is -2.45. The first-order valence-corrected chi connectivity index (χ1v) is 12.6. The summed E-state index contributed by atoms with van der Waals surface area (Å²) in [5.74, 6) is -0.661. The second-order valence-corrected chi connectivity index (χ2v) is 10.1. The number of sulfonamides is 1. The number of anilines is 1. The van der Waals surface area contributed by atoms with Crippen LogP contribution in [0.4, 0.5) is 10.1 Å². The lowest BCUT2D eigenvalue weighted by Crippen LogP contribution is -2.36. The third-order valence-electron chi connectivity index (χ3n) is 5.86. The van der Waals surface area contributed by atoms with Crippen molar-refractivity contribution >= 4 is 21.6 Å². The van der Waals surface area contributed by atoms with Gasteiger partial charge < -0.3 is 10.2 Å². The highest BCUT2D eigenvalue weighted by Crippen LogP contribution is 2.28. The van der Waals surface area contributed by atoms with Crippen LogP contribution in [0.1, 0.15) is 49.5 Å². The van der Waals surface area contributed by atoms with Crippen molar-refractivity contribution in [2.75, 3.05) is 31.1 Å². The fourth-order valence-electron chi connectivity index (χ4n) is 4.15. The van der Waals surface area contributed by atoms with Crippen LogP contribution >= 0.6 is 0 Å². The Bertz CT molecular complexity index is 1050. The van der Waals surface area contributed by atoms with Crippen LogP contribution in [0.15, 0.2) is 47.4 Å². The molecule has 1 atom stereocenters. The number of amides is 1. The predicted octanol–water partition coefficient (Wildman–Crippen LogP) is 3.82. The van der Waals surface area contributed by atoms with Crippen molar-refractivity contribution in [1.82, 2.24) is 9.62 Å². The molecule has 1 aliphatic rings. The molecule has 1 heterocycles. The Balaban J connectivity index is 1.91. The molecular weight excluding hydrogens is 429 g/mol. The lowest BCUT2D eigenvalue weighted by molar-refractivity contribution is 0.0940. The third kappa shape index (κ3) is 5.30. The van der Waals surface area contributed by atoms with Gasteiger partial charge in [0.15, 0.2) is 0 Å². The molecule has 1 unspecified atom stereocenters. The van der Waals surface area contributed by atoms with Crippen molar-refractivity contribution in [3.05, 3.63) is 59.4 Å². The standard InChI is InChI=1S/C24H32FN3O3S/c1-4-28(5-2)32(30,31)20-12-13-23(27-14-8-9-15-27)21(17-20)24(29)26-18(3)16-19-10-6-7-11-22(19)25/h6-7,10-13,17-18H,4-5,8-9,14-16H2,1-3H3,(H,26,29). The minimum atomic E-state index is -3.69. The molecule has 2 aromatic rings. The third-order valence-corrected chi connectivity index (χ3v) is 7.91. The van der Waals surface area contributed by atoms with Crippen LogP contribution in [0.25, 0.3) is 0 Å². The number of nitrogens with zero attached hydrogens (tertiary/aromatic N) is 2. The molecule has 1 saturated heterocycles. The average molecular weight is 462 g/mol. The van der Waals surface area contributed by atoms with E-state index in [4.69, 9.17) is 0 Å². The highest BCUT2D eigenvalue weighted by molar-refractivity contribution is 7.89. The second kappa shape index (κ2) is 10.4. The van der Waals surface area contributed by atoms with Gasteiger partial charge >= 0.3 is 0 Å². The highest BCUT2D eigenvalue weighted by atomic mass is 32.2. The number of halogens is 1. The molecule has 1 N–H and O–H groups in total. The van der Waals surface area contributed by atoms with E-state index in [-0.39, 0.29) is 22.7 Å². The van der Waals surface area contributed by atoms with Gasteiger partial charge in [-0.1, -0.05) is 32.0 Å². The summed E-state index contributed by atoms with van der Waals surface area (Å²) in [4.78, 5) is 15.5. The Morgan fingerprint density at radius 3 is 2.41 bits per heavy atom. The molecule has 0 aromatic heterocycles. The minimum Gasteiger partial charge on any atom is -0.371 e. The first-order chi connectivity index (χ1) is 15.3. The molecule has 0 radical (unpaired) electrons. The minimum absolute atomic E-state index is 0.107. The zero-order valence-electron chi connectivity index (χ0n) is 19.0. The molecule has 174 valence electrons. The number of nitrogens with one attached hydrogen (secondary N) is 1. The molecule has 0 saturated carbocycles. The number of rotatable bonds is 9. The molecule has 2 aromatic carbocycles. The quantitative estimate of drug-likeness (QED) is 0.616. The van der Waals surface area contributed by atoms with Crippen molar-refractivity contribution in [2.24, 2.45) is 0 Å². The Kier molecular flexibility index (Phi) is 7.90. The average Bonchev–Trinajstić information content (AvgIpc) is 3.30. The van der Waals surface area contributed by atoms with Crippen molar-refractivity contribution in [1.29, 1.82) is 0 Å². The summed E-state index contributed by atoms with van der Waals surface area (Å²) < 4.78 is 41.5. The van der Waals surface area contributed by atoms with Crippen LogP contribution in [0.5, 0.6) is 0 Å². The molecule has 0 aliphatic carbocycles. The first-order valence-electron chi connectivity index (χ1n) is 11.2. The van der Waals surface area contributed by atoms with Gasteiger partial charge in [-0.15, -0.1) is 0 Å². The Morgan fingerprint density at radius 1 is 1.12 bits per heavy atom. The van der Waals surface area contributed by atoms with Crippen LogP contribution in [0, 0.1) is 5.82 Å². The summed E-state index contributed by atoms with van der Waals surface area (Å²) in [5, 5.41) is 2.93. The van der Waals surface area contributed by atoms with E-state index in [1.807, 2.05) is 6.92 Å². The van der Waals surface area contributed by atoms with Crippen molar-refractivity contribution in [3.63, 3.8) is 0 Å². The van der Waals surface area contributed by atoms with E-state index in [1.54, 1.807) is 44.2 Å². The topological polar surface area (TPSA) is 69.7 Å². The molecule has 32 heavy (non-hydrogen) atoms. The van der Waals surface area contributed by atoms with Gasteiger partial charge in [-0.25, -0.2) is 12.8 Å². The molecule has 1 amide bonds. The van der Waals surface area contributed by atoms with E-state index >= 15 is 0 Å². The van der Waals surface area contributed by atoms with Gasteiger partial charge in [-0.3, -0.25) is 4.79 Å². The summed E-state index contributed by atoms with van der Waals surface area (Å²) >= 11 is 0. The maximum Gasteiger partial charge on any atom is 0.253 e. The van der Waals surface area contributed by atoms with Gasteiger partial charge in [0.05, 0.1) is 10.5 Å². The molecule has 0 bridgehead atoms. The van der Waals surface area contributed by atoms with Crippen molar-refractivity contribution < 1.29 is 17.6 Å². The second-order valence-electron chi connectivity index (χ2n) is 8.13. The zero-order chi connectivity index (χ0) is 23.3. The molecule has 1 aliphatic heterocycles. The van der Waals surface area contributed by atoms with Crippen LogP contribution in [0.2, 0.25) is 0 Å². The normalized spacial score (nSPS) is 15.2. The monoisotopic (exact) mass is 461 g/mol. The lowest BCUT2D eigenvalue weighted by Gasteiger charge is -2.24. The summed E-state index contributed by atoms with van der Waals surface area (Å²) in [7, 11) is -3.69. The van der Waals surface area contributed by atoms with E-state index < -0.39 is 10.0 Å². The van der Waals surface area contributed by atoms with Crippen LogP contribution in [0.3, 0.4) is 0 Å². The number of benzene rings is 2. The molecule has 6 nitrogen and oxygen atoms in total. The van der Waals surface area contributed by atoms with Crippen LogP contribution in [-0.2, 0) is 16.4 Å².